The Morgan fingerprint density at radius 3 is 1.90 bits per heavy atom. The van der Waals surface area contributed by atoms with E-state index in [9.17, 15) is 9.59 Å². The summed E-state index contributed by atoms with van der Waals surface area (Å²) < 4.78 is 0. The Labute approximate surface area is 82.1 Å². The van der Waals surface area contributed by atoms with Crippen molar-refractivity contribution >= 4 is 41.3 Å². The molecule has 0 aromatic carbocycles. The average Bonchev–Trinajstić information content (AvgIpc) is 1.63. The second kappa shape index (κ2) is 5.89. The van der Waals surface area contributed by atoms with E-state index in [4.69, 9.17) is 5.11 Å². The zero-order chi connectivity index (χ0) is 7.44. The van der Waals surface area contributed by atoms with Gasteiger partial charge in [-0.3, -0.25) is 4.79 Å². The van der Waals surface area contributed by atoms with Crippen molar-refractivity contribution in [2.75, 3.05) is 0 Å². The van der Waals surface area contributed by atoms with Gasteiger partial charge in [0.2, 0.25) is 5.78 Å². The minimum atomic E-state index is -1.33. The molecule has 0 aromatic heterocycles. The van der Waals surface area contributed by atoms with E-state index in [-0.39, 0.29) is 41.9 Å². The molecule has 10 heavy (non-hydrogen) atoms. The number of carbonyl (C=O) groups is 2. The van der Waals surface area contributed by atoms with Crippen LogP contribution in [0.15, 0.2) is 0 Å². The molecular weight excluding hydrogens is 143 g/mol. The summed E-state index contributed by atoms with van der Waals surface area (Å²) in [5.74, 6) is -1.90. The van der Waals surface area contributed by atoms with Gasteiger partial charge >= 0.3 is 35.5 Å². The second-order valence-corrected chi connectivity index (χ2v) is 2.33. The molecule has 1 N–H and O–H groups in total. The summed E-state index contributed by atoms with van der Waals surface area (Å²) in [6.07, 6.45) is 0.134. The van der Waals surface area contributed by atoms with Crippen molar-refractivity contribution in [3.8, 4) is 0 Å². The quantitative estimate of drug-likeness (QED) is 0.461. The summed E-state index contributed by atoms with van der Waals surface area (Å²) in [5, 5.41) is 8.08. The summed E-state index contributed by atoms with van der Waals surface area (Å²) in [6.45, 7) is 3.61. The molecule has 0 amide bonds. The first-order chi connectivity index (χ1) is 4.04. The van der Waals surface area contributed by atoms with Crippen LogP contribution in [-0.4, -0.2) is 46.4 Å². The van der Waals surface area contributed by atoms with Crippen molar-refractivity contribution in [3.05, 3.63) is 0 Å². The normalized spacial score (nSPS) is 8.70. The molecule has 0 radical (unpaired) electrons. The number of rotatable bonds is 3. The van der Waals surface area contributed by atoms with Gasteiger partial charge in [-0.25, -0.2) is 4.79 Å². The monoisotopic (exact) mass is 154 g/mol. The first-order valence-electron chi connectivity index (χ1n) is 2.80. The zero-order valence-electron chi connectivity index (χ0n) is 5.55. The van der Waals surface area contributed by atoms with E-state index in [0.29, 0.717) is 0 Å². The molecule has 4 heteroatoms. The number of aliphatic carboxylic acids is 1. The summed E-state index contributed by atoms with van der Waals surface area (Å²) in [6, 6.07) is 0. The maximum absolute atomic E-state index is 10.4. The van der Waals surface area contributed by atoms with Crippen LogP contribution in [0, 0.1) is 5.92 Å². The molecule has 0 heterocycles. The molecule has 0 rings (SSSR count). The van der Waals surface area contributed by atoms with Gasteiger partial charge in [0.15, 0.2) is 0 Å². The molecular formula is C6H11NaO3. The van der Waals surface area contributed by atoms with Crippen molar-refractivity contribution in [2.24, 2.45) is 5.92 Å². The molecule has 0 aliphatic rings. The van der Waals surface area contributed by atoms with Gasteiger partial charge in [0.25, 0.3) is 0 Å². The van der Waals surface area contributed by atoms with Crippen molar-refractivity contribution in [2.45, 2.75) is 20.3 Å². The number of carboxylic acid groups (broad SMARTS) is 1. The summed E-state index contributed by atoms with van der Waals surface area (Å²) in [5.41, 5.74) is 0. The zero-order valence-corrected chi connectivity index (χ0v) is 5.55. The van der Waals surface area contributed by atoms with Gasteiger partial charge in [-0.1, -0.05) is 13.8 Å². The minimum absolute atomic E-state index is 0. The van der Waals surface area contributed by atoms with Crippen LogP contribution in [0.25, 0.3) is 0 Å². The third-order valence-electron chi connectivity index (χ3n) is 0.832. The van der Waals surface area contributed by atoms with Crippen molar-refractivity contribution in [3.63, 3.8) is 0 Å². The van der Waals surface area contributed by atoms with E-state index in [0.717, 1.165) is 0 Å². The Balaban J connectivity index is 0. The molecule has 0 aliphatic carbocycles. The molecule has 0 unspecified atom stereocenters. The van der Waals surface area contributed by atoms with Gasteiger partial charge in [-0.15, -0.1) is 0 Å². The van der Waals surface area contributed by atoms with Crippen molar-refractivity contribution < 1.29 is 14.7 Å². The molecule has 0 saturated carbocycles. The van der Waals surface area contributed by atoms with Gasteiger partial charge in [0.1, 0.15) is 0 Å². The fourth-order valence-electron chi connectivity index (χ4n) is 0.458. The van der Waals surface area contributed by atoms with Crippen molar-refractivity contribution in [1.82, 2.24) is 0 Å². The number of ketones is 1. The van der Waals surface area contributed by atoms with Crippen LogP contribution in [0.2, 0.25) is 0 Å². The van der Waals surface area contributed by atoms with Crippen LogP contribution in [0.5, 0.6) is 0 Å². The number of carboxylic acids is 1. The third kappa shape index (κ3) is 6.26. The fraction of sp³-hybridized carbons (Fsp3) is 0.667. The first kappa shape index (κ1) is 12.8. The van der Waals surface area contributed by atoms with Crippen LogP contribution in [0.4, 0.5) is 0 Å². The Kier molecular flexibility index (Phi) is 7.53. The number of carbonyl (C=O) groups excluding carboxylic acids is 1. The third-order valence-corrected chi connectivity index (χ3v) is 0.832. The Hall–Kier alpha value is 0.140. The first-order valence-corrected chi connectivity index (χ1v) is 2.80. The van der Waals surface area contributed by atoms with Gasteiger partial charge in [0, 0.05) is 6.42 Å². The van der Waals surface area contributed by atoms with Crippen molar-refractivity contribution in [1.29, 1.82) is 0 Å². The summed E-state index contributed by atoms with van der Waals surface area (Å²) in [4.78, 5) is 20.2. The topological polar surface area (TPSA) is 54.4 Å². The van der Waals surface area contributed by atoms with Gasteiger partial charge < -0.3 is 5.11 Å². The van der Waals surface area contributed by atoms with Gasteiger partial charge in [-0.05, 0) is 5.92 Å². The molecule has 54 valence electrons. The van der Waals surface area contributed by atoms with Crippen LogP contribution < -0.4 is 0 Å². The summed E-state index contributed by atoms with van der Waals surface area (Å²) in [7, 11) is 0. The molecule has 0 saturated heterocycles. The molecule has 0 aliphatic heterocycles. The van der Waals surface area contributed by atoms with Gasteiger partial charge in [0.05, 0.1) is 0 Å². The summed E-state index contributed by atoms with van der Waals surface area (Å²) >= 11 is 0. The molecule has 0 atom stereocenters. The number of Topliss-reactive ketones (excluding diaryl/α,β-unsaturated/α-hetero) is 1. The van der Waals surface area contributed by atoms with E-state index in [1.807, 2.05) is 0 Å². The molecule has 0 spiro atoms. The SMILES string of the molecule is CC(C)CC(=O)C(=O)O.[NaH]. The van der Waals surface area contributed by atoms with Crippen LogP contribution >= 0.6 is 0 Å². The Bertz CT molecular complexity index is 131. The van der Waals surface area contributed by atoms with Crippen LogP contribution in [-0.2, 0) is 9.59 Å². The Morgan fingerprint density at radius 1 is 1.40 bits per heavy atom. The molecule has 0 aromatic rings. The predicted molar refractivity (Wildman–Crippen MR) is 39.2 cm³/mol. The van der Waals surface area contributed by atoms with E-state index < -0.39 is 11.8 Å². The van der Waals surface area contributed by atoms with E-state index >= 15 is 0 Å². The molecule has 0 bridgehead atoms. The standard InChI is InChI=1S/C6H10O3.Na.H/c1-4(2)3-5(7)6(8)9;;/h4H,3H2,1-2H3,(H,8,9);;. The fourth-order valence-corrected chi connectivity index (χ4v) is 0.458. The molecule has 0 fully saturated rings. The van der Waals surface area contributed by atoms with E-state index in [2.05, 4.69) is 0 Å². The average molecular weight is 154 g/mol. The van der Waals surface area contributed by atoms with Crippen LogP contribution in [0.3, 0.4) is 0 Å². The van der Waals surface area contributed by atoms with E-state index in [1.54, 1.807) is 13.8 Å². The second-order valence-electron chi connectivity index (χ2n) is 2.33. The predicted octanol–water partition coefficient (Wildman–Crippen LogP) is 0.0377. The number of hydrogen-bond acceptors (Lipinski definition) is 2. The van der Waals surface area contributed by atoms with Gasteiger partial charge in [-0.2, -0.15) is 0 Å². The maximum atomic E-state index is 10.4. The molecule has 3 nitrogen and oxygen atoms in total. The number of hydrogen-bond donors (Lipinski definition) is 1. The van der Waals surface area contributed by atoms with Crippen LogP contribution in [0.1, 0.15) is 20.3 Å². The van der Waals surface area contributed by atoms with E-state index in [1.165, 1.54) is 0 Å². The Morgan fingerprint density at radius 2 is 1.80 bits per heavy atom.